The first-order valence-corrected chi connectivity index (χ1v) is 12.4. The van der Waals surface area contributed by atoms with Crippen molar-refractivity contribution in [2.45, 2.75) is 26.4 Å². The highest BCUT2D eigenvalue weighted by atomic mass is 19.1. The predicted octanol–water partition coefficient (Wildman–Crippen LogP) is 4.80. The number of nitrogens with zero attached hydrogens (tertiary/aromatic N) is 3. The third-order valence-corrected chi connectivity index (χ3v) is 6.87. The Balaban J connectivity index is 1.53. The lowest BCUT2D eigenvalue weighted by Gasteiger charge is -2.40. The first kappa shape index (κ1) is 24.9. The maximum Gasteiger partial charge on any atom is 0.253 e. The van der Waals surface area contributed by atoms with E-state index < -0.39 is 0 Å². The van der Waals surface area contributed by atoms with Crippen molar-refractivity contribution in [3.05, 3.63) is 101 Å². The third kappa shape index (κ3) is 5.89. The van der Waals surface area contributed by atoms with Gasteiger partial charge < -0.3 is 10.6 Å². The summed E-state index contributed by atoms with van der Waals surface area (Å²) in [7, 11) is 0. The Morgan fingerprint density at radius 3 is 2.23 bits per heavy atom. The summed E-state index contributed by atoms with van der Waals surface area (Å²) < 4.78 is 14.1. The van der Waals surface area contributed by atoms with Gasteiger partial charge in [0.25, 0.3) is 5.91 Å². The second-order valence-electron chi connectivity index (χ2n) is 9.08. The molecule has 4 rings (SSSR count). The molecule has 0 aliphatic carbocycles. The molecule has 3 aromatic rings. The van der Waals surface area contributed by atoms with E-state index in [1.807, 2.05) is 61.2 Å². The minimum Gasteiger partial charge on any atom is -0.399 e. The lowest BCUT2D eigenvalue weighted by Crippen LogP contribution is -2.47. The number of halogens is 1. The van der Waals surface area contributed by atoms with Crippen LogP contribution in [-0.4, -0.2) is 59.9 Å². The number of anilines is 1. The smallest absolute Gasteiger partial charge is 0.253 e. The summed E-state index contributed by atoms with van der Waals surface area (Å²) in [6.45, 7) is 9.42. The van der Waals surface area contributed by atoms with Gasteiger partial charge in [-0.25, -0.2) is 4.39 Å². The van der Waals surface area contributed by atoms with Crippen LogP contribution in [0, 0.1) is 5.82 Å². The number of amides is 1. The molecule has 0 bridgehead atoms. The van der Waals surface area contributed by atoms with Gasteiger partial charge in [0.15, 0.2) is 0 Å². The van der Waals surface area contributed by atoms with Crippen molar-refractivity contribution in [1.82, 2.24) is 14.7 Å². The van der Waals surface area contributed by atoms with Crippen LogP contribution in [0.15, 0.2) is 72.8 Å². The standard InChI is InChI=1S/C29H35FN4O/c1-3-33(4-2)29(35)23-14-12-22(13-15-23)28(24-9-7-10-26(31)20-24)34-18-16-32(17-19-34)21-25-8-5-6-11-27(25)30/h5-15,20,28H,3-4,16-19,21,31H2,1-2H3/t28-/m1/s1. The largest absolute Gasteiger partial charge is 0.399 e. The number of nitrogens with two attached hydrogens (primary N) is 1. The average molecular weight is 475 g/mol. The Morgan fingerprint density at radius 1 is 0.914 bits per heavy atom. The molecule has 0 saturated carbocycles. The Morgan fingerprint density at radius 2 is 1.60 bits per heavy atom. The van der Waals surface area contributed by atoms with Crippen molar-refractivity contribution < 1.29 is 9.18 Å². The molecular weight excluding hydrogens is 439 g/mol. The second-order valence-corrected chi connectivity index (χ2v) is 9.08. The highest BCUT2D eigenvalue weighted by molar-refractivity contribution is 5.94. The fraction of sp³-hybridized carbons (Fsp3) is 0.345. The summed E-state index contributed by atoms with van der Waals surface area (Å²) in [6.07, 6.45) is 0. The van der Waals surface area contributed by atoms with Gasteiger partial charge >= 0.3 is 0 Å². The molecule has 1 saturated heterocycles. The molecule has 1 heterocycles. The van der Waals surface area contributed by atoms with E-state index in [1.165, 1.54) is 6.07 Å². The van der Waals surface area contributed by atoms with Gasteiger partial charge in [0.1, 0.15) is 5.82 Å². The zero-order valence-corrected chi connectivity index (χ0v) is 20.7. The number of rotatable bonds is 8. The summed E-state index contributed by atoms with van der Waals surface area (Å²) in [6, 6.07) is 23.1. The second kappa shape index (κ2) is 11.5. The van der Waals surface area contributed by atoms with E-state index in [4.69, 9.17) is 5.73 Å². The number of hydrogen-bond donors (Lipinski definition) is 1. The maximum atomic E-state index is 14.1. The molecule has 0 spiro atoms. The Kier molecular flexibility index (Phi) is 8.16. The molecule has 35 heavy (non-hydrogen) atoms. The van der Waals surface area contributed by atoms with Crippen molar-refractivity contribution >= 4 is 11.6 Å². The molecule has 2 N–H and O–H groups in total. The first-order valence-electron chi connectivity index (χ1n) is 12.4. The maximum absolute atomic E-state index is 14.1. The summed E-state index contributed by atoms with van der Waals surface area (Å²) in [4.78, 5) is 19.4. The molecule has 1 aliphatic rings. The molecule has 6 heteroatoms. The molecule has 1 atom stereocenters. The van der Waals surface area contributed by atoms with Gasteiger partial charge in [-0.05, 0) is 55.3 Å². The topological polar surface area (TPSA) is 52.8 Å². The molecule has 1 aliphatic heterocycles. The van der Waals surface area contributed by atoms with Gasteiger partial charge in [-0.1, -0.05) is 42.5 Å². The van der Waals surface area contributed by atoms with E-state index in [-0.39, 0.29) is 17.8 Å². The van der Waals surface area contributed by atoms with E-state index >= 15 is 0 Å². The fourth-order valence-corrected chi connectivity index (χ4v) is 4.89. The number of carbonyl (C=O) groups excluding carboxylic acids is 1. The monoisotopic (exact) mass is 474 g/mol. The highest BCUT2D eigenvalue weighted by Crippen LogP contribution is 2.31. The van der Waals surface area contributed by atoms with Crippen LogP contribution in [0.25, 0.3) is 0 Å². The average Bonchev–Trinajstić information content (AvgIpc) is 2.88. The minimum atomic E-state index is -0.146. The molecule has 0 aromatic heterocycles. The van der Waals surface area contributed by atoms with Crippen LogP contribution in [0.1, 0.15) is 46.9 Å². The van der Waals surface area contributed by atoms with Crippen molar-refractivity contribution in [3.63, 3.8) is 0 Å². The van der Waals surface area contributed by atoms with Gasteiger partial charge in [-0.3, -0.25) is 14.6 Å². The molecule has 3 aromatic carbocycles. The quantitative estimate of drug-likeness (QED) is 0.477. The predicted molar refractivity (Wildman–Crippen MR) is 140 cm³/mol. The van der Waals surface area contributed by atoms with Crippen molar-refractivity contribution in [2.75, 3.05) is 45.0 Å². The third-order valence-electron chi connectivity index (χ3n) is 6.87. The summed E-state index contributed by atoms with van der Waals surface area (Å²) in [5.74, 6) is -0.0873. The van der Waals surface area contributed by atoms with E-state index in [0.717, 1.165) is 48.6 Å². The van der Waals surface area contributed by atoms with Crippen LogP contribution in [-0.2, 0) is 6.54 Å². The fourth-order valence-electron chi connectivity index (χ4n) is 4.89. The summed E-state index contributed by atoms with van der Waals surface area (Å²) in [5, 5.41) is 0. The number of piperazine rings is 1. The molecule has 184 valence electrons. The number of benzene rings is 3. The first-order chi connectivity index (χ1) is 17.0. The van der Waals surface area contributed by atoms with Crippen molar-refractivity contribution in [1.29, 1.82) is 0 Å². The van der Waals surface area contributed by atoms with Crippen LogP contribution in [0.5, 0.6) is 0 Å². The van der Waals surface area contributed by atoms with Crippen molar-refractivity contribution in [3.8, 4) is 0 Å². The van der Waals surface area contributed by atoms with E-state index in [9.17, 15) is 9.18 Å². The van der Waals surface area contributed by atoms with Crippen LogP contribution in [0.3, 0.4) is 0 Å². The summed E-state index contributed by atoms with van der Waals surface area (Å²) in [5.41, 5.74) is 10.6. The molecule has 1 amide bonds. The SMILES string of the molecule is CCN(CC)C(=O)c1ccc([C@H](c2cccc(N)c2)N2CCN(Cc3ccccc3F)CC2)cc1. The minimum absolute atomic E-state index is 0.0340. The molecule has 0 unspecified atom stereocenters. The Bertz CT molecular complexity index is 1120. The van der Waals surface area contributed by atoms with Crippen LogP contribution in [0.4, 0.5) is 10.1 Å². The van der Waals surface area contributed by atoms with Gasteiger partial charge in [-0.15, -0.1) is 0 Å². The molecule has 5 nitrogen and oxygen atoms in total. The van der Waals surface area contributed by atoms with E-state index in [0.29, 0.717) is 25.2 Å². The van der Waals surface area contributed by atoms with Crippen molar-refractivity contribution in [2.24, 2.45) is 0 Å². The normalized spacial score (nSPS) is 15.6. The van der Waals surface area contributed by atoms with Gasteiger partial charge in [0, 0.05) is 62.6 Å². The van der Waals surface area contributed by atoms with Crippen LogP contribution >= 0.6 is 0 Å². The van der Waals surface area contributed by atoms with Crippen LogP contribution < -0.4 is 5.73 Å². The zero-order valence-electron chi connectivity index (χ0n) is 20.7. The van der Waals surface area contributed by atoms with Gasteiger partial charge in [0.05, 0.1) is 6.04 Å². The van der Waals surface area contributed by atoms with Gasteiger partial charge in [-0.2, -0.15) is 0 Å². The number of hydrogen-bond acceptors (Lipinski definition) is 4. The molecular formula is C29H35FN4O. The number of nitrogen functional groups attached to an aromatic ring is 1. The Hall–Kier alpha value is -3.22. The lowest BCUT2D eigenvalue weighted by molar-refractivity contribution is 0.0773. The highest BCUT2D eigenvalue weighted by Gasteiger charge is 2.27. The number of carbonyl (C=O) groups is 1. The van der Waals surface area contributed by atoms with E-state index in [1.54, 1.807) is 6.07 Å². The Labute approximate surface area is 208 Å². The molecule has 1 fully saturated rings. The summed E-state index contributed by atoms with van der Waals surface area (Å²) >= 11 is 0. The lowest BCUT2D eigenvalue weighted by atomic mass is 9.95. The van der Waals surface area contributed by atoms with Crippen LogP contribution in [0.2, 0.25) is 0 Å². The molecule has 0 radical (unpaired) electrons. The van der Waals surface area contributed by atoms with Gasteiger partial charge in [0.2, 0.25) is 0 Å². The zero-order chi connectivity index (χ0) is 24.8. The van der Waals surface area contributed by atoms with E-state index in [2.05, 4.69) is 28.0 Å².